The Morgan fingerprint density at radius 2 is 2.06 bits per heavy atom. The number of nitrogens with one attached hydrogen (secondary N) is 1. The molecule has 0 aliphatic rings. The Labute approximate surface area is 116 Å². The van der Waals surface area contributed by atoms with Gasteiger partial charge < -0.3 is 10.1 Å². The van der Waals surface area contributed by atoms with Gasteiger partial charge in [0.2, 0.25) is 0 Å². The minimum absolute atomic E-state index is 0.153. The fourth-order valence-corrected chi connectivity index (χ4v) is 3.11. The van der Waals surface area contributed by atoms with E-state index in [0.29, 0.717) is 6.04 Å². The van der Waals surface area contributed by atoms with E-state index in [1.807, 2.05) is 11.3 Å². The summed E-state index contributed by atoms with van der Waals surface area (Å²) in [6.45, 7) is 12.8. The maximum atomic E-state index is 6.01. The van der Waals surface area contributed by atoms with E-state index >= 15 is 0 Å². The van der Waals surface area contributed by atoms with Crippen molar-refractivity contribution in [1.82, 2.24) is 5.32 Å². The van der Waals surface area contributed by atoms with E-state index in [4.69, 9.17) is 4.74 Å². The van der Waals surface area contributed by atoms with Gasteiger partial charge in [-0.15, -0.1) is 11.3 Å². The summed E-state index contributed by atoms with van der Waals surface area (Å²) in [4.78, 5) is 1.43. The Balaban J connectivity index is 2.79. The van der Waals surface area contributed by atoms with Crippen molar-refractivity contribution in [2.45, 2.75) is 53.2 Å². The molecular weight excluding hydrogens is 242 g/mol. The summed E-state index contributed by atoms with van der Waals surface area (Å²) in [5.41, 5.74) is 0.153. The van der Waals surface area contributed by atoms with Crippen molar-refractivity contribution in [3.05, 3.63) is 22.4 Å². The molecule has 1 N–H and O–H groups in total. The summed E-state index contributed by atoms with van der Waals surface area (Å²) in [5.74, 6) is 0. The lowest BCUT2D eigenvalue weighted by Crippen LogP contribution is -2.49. The molecule has 2 atom stereocenters. The van der Waals surface area contributed by atoms with Gasteiger partial charge in [-0.05, 0) is 36.8 Å². The Bertz CT molecular complexity index is 316. The fourth-order valence-electron chi connectivity index (χ4n) is 2.34. The molecule has 0 aliphatic heterocycles. The third kappa shape index (κ3) is 4.71. The lowest BCUT2D eigenvalue weighted by atomic mass is 9.83. The minimum atomic E-state index is 0.153. The maximum absolute atomic E-state index is 6.01. The highest BCUT2D eigenvalue weighted by molar-refractivity contribution is 7.09. The first-order valence-corrected chi connectivity index (χ1v) is 7.74. The van der Waals surface area contributed by atoms with Gasteiger partial charge in [0.05, 0.1) is 6.10 Å². The quantitative estimate of drug-likeness (QED) is 0.814. The standard InChI is InChI=1S/C15H27NOS/c1-6-16-13(11-12-9-8-10-18-12)14(17-7-2)15(3,4)5/h8-10,13-14,16H,6-7,11H2,1-5H3. The van der Waals surface area contributed by atoms with E-state index in [-0.39, 0.29) is 11.5 Å². The highest BCUT2D eigenvalue weighted by Gasteiger charge is 2.32. The van der Waals surface area contributed by atoms with E-state index in [0.717, 1.165) is 19.6 Å². The third-order valence-electron chi connectivity index (χ3n) is 3.03. The van der Waals surface area contributed by atoms with Crippen LogP contribution < -0.4 is 5.32 Å². The van der Waals surface area contributed by atoms with Gasteiger partial charge in [-0.1, -0.05) is 33.8 Å². The number of hydrogen-bond acceptors (Lipinski definition) is 3. The molecule has 2 nitrogen and oxygen atoms in total. The van der Waals surface area contributed by atoms with E-state index < -0.39 is 0 Å². The van der Waals surface area contributed by atoms with Gasteiger partial charge in [0.15, 0.2) is 0 Å². The SMILES string of the molecule is CCNC(Cc1cccs1)C(OCC)C(C)(C)C. The van der Waals surface area contributed by atoms with Crippen molar-refractivity contribution in [3.63, 3.8) is 0 Å². The van der Waals surface area contributed by atoms with Crippen LogP contribution in [-0.2, 0) is 11.2 Å². The van der Waals surface area contributed by atoms with Crippen LogP contribution in [0.1, 0.15) is 39.5 Å². The number of likely N-dealkylation sites (N-methyl/N-ethyl adjacent to an activating group) is 1. The fraction of sp³-hybridized carbons (Fsp3) is 0.733. The molecule has 0 saturated carbocycles. The molecule has 0 aliphatic carbocycles. The van der Waals surface area contributed by atoms with Gasteiger partial charge in [0.25, 0.3) is 0 Å². The summed E-state index contributed by atoms with van der Waals surface area (Å²) >= 11 is 1.83. The predicted octanol–water partition coefficient (Wildman–Crippen LogP) is 3.72. The molecule has 0 radical (unpaired) electrons. The molecule has 0 spiro atoms. The van der Waals surface area contributed by atoms with Crippen LogP contribution >= 0.6 is 11.3 Å². The third-order valence-corrected chi connectivity index (χ3v) is 3.93. The molecule has 3 heteroatoms. The van der Waals surface area contributed by atoms with Crippen LogP contribution in [0.4, 0.5) is 0 Å². The van der Waals surface area contributed by atoms with E-state index in [1.165, 1.54) is 4.88 Å². The molecule has 0 amide bonds. The Hall–Kier alpha value is -0.380. The zero-order valence-electron chi connectivity index (χ0n) is 12.3. The smallest absolute Gasteiger partial charge is 0.0779 e. The first-order chi connectivity index (χ1) is 8.49. The summed E-state index contributed by atoms with van der Waals surface area (Å²) in [7, 11) is 0. The topological polar surface area (TPSA) is 21.3 Å². The molecule has 1 rings (SSSR count). The lowest BCUT2D eigenvalue weighted by molar-refractivity contribution is -0.0350. The number of hydrogen-bond donors (Lipinski definition) is 1. The Kier molecular flexibility index (Phi) is 6.33. The average molecular weight is 269 g/mol. The van der Waals surface area contributed by atoms with Gasteiger partial charge in [-0.25, -0.2) is 0 Å². The van der Waals surface area contributed by atoms with Gasteiger partial charge in [0, 0.05) is 17.5 Å². The van der Waals surface area contributed by atoms with Crippen LogP contribution in [0.3, 0.4) is 0 Å². The summed E-state index contributed by atoms with van der Waals surface area (Å²) in [6, 6.07) is 4.71. The molecule has 18 heavy (non-hydrogen) atoms. The van der Waals surface area contributed by atoms with E-state index in [2.05, 4.69) is 57.4 Å². The summed E-state index contributed by atoms with van der Waals surface area (Å²) in [5, 5.41) is 5.74. The Morgan fingerprint density at radius 1 is 1.33 bits per heavy atom. The van der Waals surface area contributed by atoms with Crippen molar-refractivity contribution < 1.29 is 4.74 Å². The minimum Gasteiger partial charge on any atom is -0.376 e. The largest absolute Gasteiger partial charge is 0.376 e. The lowest BCUT2D eigenvalue weighted by Gasteiger charge is -2.37. The number of ether oxygens (including phenoxy) is 1. The number of thiophene rings is 1. The molecule has 1 aromatic heterocycles. The van der Waals surface area contributed by atoms with Crippen molar-refractivity contribution in [2.75, 3.05) is 13.2 Å². The van der Waals surface area contributed by atoms with Crippen LogP contribution in [0.15, 0.2) is 17.5 Å². The van der Waals surface area contributed by atoms with Gasteiger partial charge >= 0.3 is 0 Å². The molecule has 0 aromatic carbocycles. The highest BCUT2D eigenvalue weighted by Crippen LogP contribution is 2.27. The van der Waals surface area contributed by atoms with Crippen LogP contribution in [0.5, 0.6) is 0 Å². The maximum Gasteiger partial charge on any atom is 0.0779 e. The second-order valence-electron chi connectivity index (χ2n) is 5.69. The van der Waals surface area contributed by atoms with E-state index in [9.17, 15) is 0 Å². The van der Waals surface area contributed by atoms with Crippen LogP contribution in [0, 0.1) is 5.41 Å². The van der Waals surface area contributed by atoms with Crippen molar-refractivity contribution in [3.8, 4) is 0 Å². The molecule has 0 fully saturated rings. The highest BCUT2D eigenvalue weighted by atomic mass is 32.1. The molecule has 2 unspecified atom stereocenters. The summed E-state index contributed by atoms with van der Waals surface area (Å²) in [6.07, 6.45) is 1.29. The molecule has 0 bridgehead atoms. The number of rotatable bonds is 7. The van der Waals surface area contributed by atoms with Gasteiger partial charge in [0.1, 0.15) is 0 Å². The first-order valence-electron chi connectivity index (χ1n) is 6.86. The average Bonchev–Trinajstić information content (AvgIpc) is 2.76. The summed E-state index contributed by atoms with van der Waals surface area (Å²) < 4.78 is 6.01. The second-order valence-corrected chi connectivity index (χ2v) is 6.72. The monoisotopic (exact) mass is 269 g/mol. The van der Waals surface area contributed by atoms with Gasteiger partial charge in [-0.2, -0.15) is 0 Å². The second kappa shape index (κ2) is 7.27. The first kappa shape index (κ1) is 15.7. The van der Waals surface area contributed by atoms with E-state index in [1.54, 1.807) is 0 Å². The molecule has 104 valence electrons. The molecular formula is C15H27NOS. The molecule has 0 saturated heterocycles. The predicted molar refractivity (Wildman–Crippen MR) is 80.4 cm³/mol. The zero-order chi connectivity index (χ0) is 13.6. The zero-order valence-corrected chi connectivity index (χ0v) is 13.1. The van der Waals surface area contributed by atoms with Crippen LogP contribution in [0.25, 0.3) is 0 Å². The van der Waals surface area contributed by atoms with Crippen molar-refractivity contribution >= 4 is 11.3 Å². The Morgan fingerprint density at radius 3 is 2.50 bits per heavy atom. The van der Waals surface area contributed by atoms with Crippen LogP contribution in [-0.4, -0.2) is 25.3 Å². The molecule has 1 aromatic rings. The van der Waals surface area contributed by atoms with Crippen LogP contribution in [0.2, 0.25) is 0 Å². The van der Waals surface area contributed by atoms with Crippen molar-refractivity contribution in [2.24, 2.45) is 5.41 Å². The normalized spacial score (nSPS) is 15.6. The van der Waals surface area contributed by atoms with Crippen molar-refractivity contribution in [1.29, 1.82) is 0 Å². The molecule has 1 heterocycles. The van der Waals surface area contributed by atoms with Gasteiger partial charge in [-0.3, -0.25) is 0 Å².